The largest absolute Gasteiger partial charge is 0.371 e. The van der Waals surface area contributed by atoms with Crippen LogP contribution in [0.3, 0.4) is 0 Å². The van der Waals surface area contributed by atoms with Crippen molar-refractivity contribution in [3.8, 4) is 0 Å². The predicted octanol–water partition coefficient (Wildman–Crippen LogP) is 3.52. The molecule has 5 heteroatoms. The summed E-state index contributed by atoms with van der Waals surface area (Å²) in [5.74, 6) is -0.0516. The number of aryl methyl sites for hydroxylation is 1. The van der Waals surface area contributed by atoms with Gasteiger partial charge in [-0.25, -0.2) is 4.98 Å². The Balaban J connectivity index is 1.57. The fourth-order valence-electron chi connectivity index (χ4n) is 3.69. The van der Waals surface area contributed by atoms with Gasteiger partial charge in [0.05, 0.1) is 0 Å². The van der Waals surface area contributed by atoms with Gasteiger partial charge in [0, 0.05) is 44.3 Å². The first kappa shape index (κ1) is 16.6. The van der Waals surface area contributed by atoms with E-state index in [4.69, 9.17) is 0 Å². The van der Waals surface area contributed by atoms with Crippen LogP contribution in [0.4, 0.5) is 5.69 Å². The van der Waals surface area contributed by atoms with Crippen LogP contribution in [0.1, 0.15) is 34.6 Å². The van der Waals surface area contributed by atoms with Crippen LogP contribution in [-0.2, 0) is 6.54 Å². The van der Waals surface area contributed by atoms with Crippen LogP contribution >= 0.6 is 0 Å². The van der Waals surface area contributed by atoms with Crippen molar-refractivity contribution in [1.29, 1.82) is 0 Å². The lowest BCUT2D eigenvalue weighted by atomic mass is 10.1. The summed E-state index contributed by atoms with van der Waals surface area (Å²) < 4.78 is 1.96. The Labute approximate surface area is 153 Å². The molecule has 26 heavy (non-hydrogen) atoms. The molecule has 0 radical (unpaired) electrons. The number of hydrogen-bond acceptors (Lipinski definition) is 3. The maximum Gasteiger partial charge on any atom is 0.274 e. The lowest BCUT2D eigenvalue weighted by Crippen LogP contribution is -2.28. The molecule has 2 aromatic heterocycles. The van der Waals surface area contributed by atoms with Crippen molar-refractivity contribution >= 4 is 17.2 Å². The highest BCUT2D eigenvalue weighted by atomic mass is 16.2. The van der Waals surface area contributed by atoms with Crippen molar-refractivity contribution in [2.45, 2.75) is 26.3 Å². The van der Waals surface area contributed by atoms with E-state index in [0.29, 0.717) is 12.2 Å². The topological polar surface area (TPSA) is 40.9 Å². The molecule has 1 amide bonds. The number of amides is 1. The van der Waals surface area contributed by atoms with Crippen molar-refractivity contribution in [2.75, 3.05) is 25.0 Å². The third-order valence-corrected chi connectivity index (χ3v) is 5.11. The number of para-hydroxylation sites is 1. The Morgan fingerprint density at radius 2 is 1.88 bits per heavy atom. The molecular weight excluding hydrogens is 324 g/mol. The van der Waals surface area contributed by atoms with Crippen molar-refractivity contribution in [3.63, 3.8) is 0 Å². The fourth-order valence-corrected chi connectivity index (χ4v) is 3.69. The van der Waals surface area contributed by atoms with Crippen LogP contribution in [0.25, 0.3) is 5.65 Å². The van der Waals surface area contributed by atoms with Crippen LogP contribution in [0.2, 0.25) is 0 Å². The Hall–Kier alpha value is -2.82. The van der Waals surface area contributed by atoms with Gasteiger partial charge in [-0.05, 0) is 43.5 Å². The summed E-state index contributed by atoms with van der Waals surface area (Å²) in [5, 5.41) is 0. The van der Waals surface area contributed by atoms with Gasteiger partial charge < -0.3 is 14.2 Å². The lowest BCUT2D eigenvalue weighted by molar-refractivity contribution is 0.0780. The molecular formula is C21H24N4O. The zero-order valence-corrected chi connectivity index (χ0v) is 15.4. The molecule has 0 N–H and O–H groups in total. The minimum atomic E-state index is -0.0516. The standard InChI is InChI=1S/C21H24N4O/c1-16-8-7-11-20-22-18(15-25(16)20)21(26)23(2)14-17-9-3-4-10-19(17)24-12-5-6-13-24/h3-4,7-11,15H,5-6,12-14H2,1-2H3. The van der Waals surface area contributed by atoms with E-state index in [-0.39, 0.29) is 5.91 Å². The number of anilines is 1. The second-order valence-corrected chi connectivity index (χ2v) is 7.01. The molecule has 3 aromatic rings. The highest BCUT2D eigenvalue weighted by Crippen LogP contribution is 2.25. The second kappa shape index (κ2) is 6.83. The zero-order chi connectivity index (χ0) is 18.1. The van der Waals surface area contributed by atoms with E-state index in [1.807, 2.05) is 48.8 Å². The Bertz CT molecular complexity index is 940. The van der Waals surface area contributed by atoms with Crippen LogP contribution in [-0.4, -0.2) is 40.3 Å². The number of carbonyl (C=O) groups is 1. The highest BCUT2D eigenvalue weighted by Gasteiger charge is 2.20. The molecule has 4 rings (SSSR count). The van der Waals surface area contributed by atoms with E-state index in [2.05, 4.69) is 28.1 Å². The number of fused-ring (bicyclic) bond motifs is 1. The first-order chi connectivity index (χ1) is 12.6. The Morgan fingerprint density at radius 3 is 2.65 bits per heavy atom. The minimum Gasteiger partial charge on any atom is -0.371 e. The van der Waals surface area contributed by atoms with Crippen LogP contribution < -0.4 is 4.90 Å². The molecule has 0 spiro atoms. The fraction of sp³-hybridized carbons (Fsp3) is 0.333. The SMILES string of the molecule is Cc1cccc2nc(C(=O)N(C)Cc3ccccc3N3CCCC3)cn12. The number of benzene rings is 1. The van der Waals surface area contributed by atoms with E-state index < -0.39 is 0 Å². The zero-order valence-electron chi connectivity index (χ0n) is 15.4. The molecule has 0 saturated carbocycles. The maximum absolute atomic E-state index is 12.9. The monoisotopic (exact) mass is 348 g/mol. The van der Waals surface area contributed by atoms with E-state index in [0.717, 1.165) is 24.4 Å². The van der Waals surface area contributed by atoms with Gasteiger partial charge in [0.1, 0.15) is 11.3 Å². The average molecular weight is 348 g/mol. The van der Waals surface area contributed by atoms with E-state index in [9.17, 15) is 4.79 Å². The van der Waals surface area contributed by atoms with E-state index >= 15 is 0 Å². The first-order valence-corrected chi connectivity index (χ1v) is 9.16. The number of pyridine rings is 1. The van der Waals surface area contributed by atoms with Crippen LogP contribution in [0.15, 0.2) is 48.7 Å². The molecule has 3 heterocycles. The number of imidazole rings is 1. The number of hydrogen-bond donors (Lipinski definition) is 0. The van der Waals surface area contributed by atoms with E-state index in [1.54, 1.807) is 4.90 Å². The number of carbonyl (C=O) groups excluding carboxylic acids is 1. The molecule has 1 aromatic carbocycles. The Kier molecular flexibility index (Phi) is 4.37. The highest BCUT2D eigenvalue weighted by molar-refractivity contribution is 5.92. The van der Waals surface area contributed by atoms with Crippen LogP contribution in [0, 0.1) is 6.92 Å². The molecule has 1 aliphatic rings. The second-order valence-electron chi connectivity index (χ2n) is 7.01. The quantitative estimate of drug-likeness (QED) is 0.724. The number of nitrogens with zero attached hydrogens (tertiary/aromatic N) is 4. The van der Waals surface area contributed by atoms with Crippen molar-refractivity contribution in [1.82, 2.24) is 14.3 Å². The van der Waals surface area contributed by atoms with Gasteiger partial charge in [0.25, 0.3) is 5.91 Å². The lowest BCUT2D eigenvalue weighted by Gasteiger charge is -2.24. The predicted molar refractivity (Wildman–Crippen MR) is 104 cm³/mol. The minimum absolute atomic E-state index is 0.0516. The summed E-state index contributed by atoms with van der Waals surface area (Å²) in [6.45, 7) is 4.79. The van der Waals surface area contributed by atoms with Crippen LogP contribution in [0.5, 0.6) is 0 Å². The third-order valence-electron chi connectivity index (χ3n) is 5.11. The van der Waals surface area contributed by atoms with Gasteiger partial charge in [0.2, 0.25) is 0 Å². The average Bonchev–Trinajstić information content (AvgIpc) is 3.32. The van der Waals surface area contributed by atoms with Gasteiger partial charge in [-0.15, -0.1) is 0 Å². The molecule has 0 atom stereocenters. The molecule has 1 saturated heterocycles. The Morgan fingerprint density at radius 1 is 1.12 bits per heavy atom. The van der Waals surface area contributed by atoms with E-state index in [1.165, 1.54) is 24.1 Å². The third kappa shape index (κ3) is 3.05. The summed E-state index contributed by atoms with van der Waals surface area (Å²) in [5.41, 5.74) is 4.79. The first-order valence-electron chi connectivity index (χ1n) is 9.16. The maximum atomic E-state index is 12.9. The van der Waals surface area contributed by atoms with Gasteiger partial charge >= 0.3 is 0 Å². The van der Waals surface area contributed by atoms with Crippen molar-refractivity contribution < 1.29 is 4.79 Å². The molecule has 1 fully saturated rings. The summed E-state index contributed by atoms with van der Waals surface area (Å²) in [6.07, 6.45) is 4.31. The molecule has 0 unspecified atom stereocenters. The smallest absolute Gasteiger partial charge is 0.274 e. The molecule has 1 aliphatic heterocycles. The summed E-state index contributed by atoms with van der Waals surface area (Å²) in [7, 11) is 1.85. The van der Waals surface area contributed by atoms with Gasteiger partial charge in [-0.1, -0.05) is 24.3 Å². The summed E-state index contributed by atoms with van der Waals surface area (Å²) >= 11 is 0. The molecule has 5 nitrogen and oxygen atoms in total. The number of aromatic nitrogens is 2. The van der Waals surface area contributed by atoms with Gasteiger partial charge in [0.15, 0.2) is 0 Å². The molecule has 0 aliphatic carbocycles. The molecule has 0 bridgehead atoms. The van der Waals surface area contributed by atoms with Crippen molar-refractivity contribution in [2.24, 2.45) is 0 Å². The number of rotatable bonds is 4. The normalized spacial score (nSPS) is 14.2. The summed E-state index contributed by atoms with van der Waals surface area (Å²) in [4.78, 5) is 21.6. The summed E-state index contributed by atoms with van der Waals surface area (Å²) in [6, 6.07) is 14.3. The van der Waals surface area contributed by atoms with Gasteiger partial charge in [-0.3, -0.25) is 4.79 Å². The van der Waals surface area contributed by atoms with Crippen molar-refractivity contribution in [3.05, 3.63) is 65.6 Å². The molecule has 134 valence electrons. The van der Waals surface area contributed by atoms with Gasteiger partial charge in [-0.2, -0.15) is 0 Å².